The maximum absolute atomic E-state index is 12.2. The van der Waals surface area contributed by atoms with Gasteiger partial charge in [-0.05, 0) is 26.0 Å². The van der Waals surface area contributed by atoms with E-state index >= 15 is 0 Å². The Labute approximate surface area is 175 Å². The van der Waals surface area contributed by atoms with Crippen molar-refractivity contribution in [3.05, 3.63) is 54.3 Å². The Balaban J connectivity index is 1.43. The molecule has 0 aliphatic carbocycles. The Morgan fingerprint density at radius 1 is 1.27 bits per heavy atom. The van der Waals surface area contributed by atoms with E-state index < -0.39 is 44.5 Å². The molecule has 161 valence electrons. The van der Waals surface area contributed by atoms with Crippen LogP contribution in [0.25, 0.3) is 0 Å². The molecule has 2 unspecified atom stereocenters. The van der Waals surface area contributed by atoms with Crippen LogP contribution in [-0.4, -0.2) is 54.3 Å². The molecule has 3 heterocycles. The third-order valence-corrected chi connectivity index (χ3v) is 5.64. The molecule has 1 aromatic carbocycles. The third kappa shape index (κ3) is 4.55. The van der Waals surface area contributed by atoms with Gasteiger partial charge in [0, 0.05) is 12.7 Å². The monoisotopic (exact) mass is 435 g/mol. The molecule has 3 aliphatic rings. The van der Waals surface area contributed by atoms with Gasteiger partial charge in [0.1, 0.15) is 24.1 Å². The largest absolute Gasteiger partial charge is 0.429 e. The first-order valence-electron chi connectivity index (χ1n) is 9.60. The van der Waals surface area contributed by atoms with Gasteiger partial charge in [0.2, 0.25) is 5.91 Å². The minimum atomic E-state index is -2.38. The molecule has 30 heavy (non-hydrogen) atoms. The standard InChI is InChI=1S/C20H24N2O7P/c1-20(2)27-16-15(12-25-30(24)29-14-8-4-3-5-9-14)26-19(17(16)28-20)22-10-6-7-13(11-22)18(21)23/h3-9,11,15-17,19H,10,12H2,1-2H3,(H2,21,23)/t15?,16-,17-,19-/m1/s1. The summed E-state index contributed by atoms with van der Waals surface area (Å²) in [6, 6.07) is 8.77. The number of carbonyl (C=O) groups excluding carboxylic acids is 1. The minimum absolute atomic E-state index is 0.00475. The topological polar surface area (TPSA) is 110 Å². The number of nitrogens with two attached hydrogens (primary N) is 1. The molecule has 3 aliphatic heterocycles. The molecule has 2 N–H and O–H groups in total. The van der Waals surface area contributed by atoms with Crippen molar-refractivity contribution in [2.75, 3.05) is 13.2 Å². The quantitative estimate of drug-likeness (QED) is 0.650. The number of carbonyl (C=O) groups is 1. The van der Waals surface area contributed by atoms with E-state index in [9.17, 15) is 9.36 Å². The number of rotatable bonds is 7. The Hall–Kier alpha value is -2.29. The van der Waals surface area contributed by atoms with Gasteiger partial charge in [0.05, 0.1) is 12.2 Å². The molecule has 2 fully saturated rings. The van der Waals surface area contributed by atoms with Crippen LogP contribution in [0.15, 0.2) is 54.3 Å². The summed E-state index contributed by atoms with van der Waals surface area (Å²) in [4.78, 5) is 13.4. The number of hydrogen-bond acceptors (Lipinski definition) is 8. The summed E-state index contributed by atoms with van der Waals surface area (Å²) in [7, 11) is -2.38. The van der Waals surface area contributed by atoms with Crippen molar-refractivity contribution in [2.45, 2.75) is 44.2 Å². The second-order valence-corrected chi connectivity index (χ2v) is 8.49. The Morgan fingerprint density at radius 2 is 2.00 bits per heavy atom. The molecule has 5 atom stereocenters. The van der Waals surface area contributed by atoms with Crippen LogP contribution >= 0.6 is 8.25 Å². The van der Waals surface area contributed by atoms with Crippen LogP contribution < -0.4 is 10.3 Å². The summed E-state index contributed by atoms with van der Waals surface area (Å²) >= 11 is 0. The van der Waals surface area contributed by atoms with E-state index in [1.54, 1.807) is 36.5 Å². The van der Waals surface area contributed by atoms with Gasteiger partial charge in [0.15, 0.2) is 12.0 Å². The fraction of sp³-hybridized carbons (Fsp3) is 0.450. The van der Waals surface area contributed by atoms with Crippen LogP contribution in [-0.2, 0) is 28.1 Å². The van der Waals surface area contributed by atoms with Gasteiger partial charge in [-0.2, -0.15) is 0 Å². The molecule has 0 aromatic heterocycles. The van der Waals surface area contributed by atoms with Crippen molar-refractivity contribution in [3.8, 4) is 5.75 Å². The van der Waals surface area contributed by atoms with Gasteiger partial charge >= 0.3 is 8.25 Å². The van der Waals surface area contributed by atoms with E-state index in [-0.39, 0.29) is 6.61 Å². The number of para-hydroxylation sites is 1. The average Bonchev–Trinajstić information content (AvgIpc) is 3.20. The number of amides is 1. The number of fused-ring (bicyclic) bond motifs is 1. The molecular weight excluding hydrogens is 411 g/mol. The van der Waals surface area contributed by atoms with E-state index in [2.05, 4.69) is 0 Å². The molecule has 0 spiro atoms. The van der Waals surface area contributed by atoms with Gasteiger partial charge in [-0.25, -0.2) is 4.57 Å². The summed E-state index contributed by atoms with van der Waals surface area (Å²) in [6.07, 6.45) is 3.26. The highest BCUT2D eigenvalue weighted by Crippen LogP contribution is 2.41. The summed E-state index contributed by atoms with van der Waals surface area (Å²) in [6.45, 7) is 4.16. The number of ether oxygens (including phenoxy) is 3. The summed E-state index contributed by atoms with van der Waals surface area (Å²) in [5.41, 5.74) is 5.77. The predicted molar refractivity (Wildman–Crippen MR) is 106 cm³/mol. The lowest BCUT2D eigenvalue weighted by molar-refractivity contribution is -0.203. The SMILES string of the molecule is CC1(C)O[C@@H]2[C@H](O1)C(CO[P](=O)Oc1ccccc1)O[C@H]2N1C=C(C(N)=O)C=CC1. The van der Waals surface area contributed by atoms with E-state index in [1.807, 2.05) is 30.9 Å². The first kappa shape index (κ1) is 21.0. The van der Waals surface area contributed by atoms with Crippen LogP contribution in [0.1, 0.15) is 13.8 Å². The van der Waals surface area contributed by atoms with Crippen molar-refractivity contribution in [1.29, 1.82) is 0 Å². The van der Waals surface area contributed by atoms with Crippen molar-refractivity contribution < 1.29 is 32.6 Å². The fourth-order valence-electron chi connectivity index (χ4n) is 3.69. The predicted octanol–water partition coefficient (Wildman–Crippen LogP) is 2.23. The lowest BCUT2D eigenvalue weighted by atomic mass is 10.1. The summed E-state index contributed by atoms with van der Waals surface area (Å²) in [5.74, 6) is -0.878. The fourth-order valence-corrected chi connectivity index (χ4v) is 4.30. The molecule has 0 bridgehead atoms. The summed E-state index contributed by atoms with van der Waals surface area (Å²) in [5, 5.41) is 0. The second kappa shape index (κ2) is 8.45. The molecule has 2 saturated heterocycles. The first-order chi connectivity index (χ1) is 14.3. The highest BCUT2D eigenvalue weighted by atomic mass is 31.1. The van der Waals surface area contributed by atoms with E-state index in [4.69, 9.17) is 29.0 Å². The van der Waals surface area contributed by atoms with Gasteiger partial charge in [0.25, 0.3) is 0 Å². The number of nitrogens with zero attached hydrogens (tertiary/aromatic N) is 1. The van der Waals surface area contributed by atoms with Crippen LogP contribution in [0, 0.1) is 0 Å². The highest BCUT2D eigenvalue weighted by molar-refractivity contribution is 7.33. The molecule has 0 saturated carbocycles. The van der Waals surface area contributed by atoms with Crippen LogP contribution in [0.5, 0.6) is 5.75 Å². The zero-order valence-electron chi connectivity index (χ0n) is 16.7. The van der Waals surface area contributed by atoms with Gasteiger partial charge < -0.3 is 29.4 Å². The smallest absolute Gasteiger partial charge is 0.398 e. The van der Waals surface area contributed by atoms with Crippen LogP contribution in [0.3, 0.4) is 0 Å². The Kier molecular flexibility index (Phi) is 5.90. The molecular formula is C20H24N2O7P. The number of benzene rings is 1. The third-order valence-electron chi connectivity index (χ3n) is 4.92. The average molecular weight is 435 g/mol. The molecule has 1 radical (unpaired) electrons. The van der Waals surface area contributed by atoms with Crippen molar-refractivity contribution in [1.82, 2.24) is 4.90 Å². The van der Waals surface area contributed by atoms with E-state index in [0.29, 0.717) is 17.9 Å². The first-order valence-corrected chi connectivity index (χ1v) is 10.7. The molecule has 1 aromatic rings. The van der Waals surface area contributed by atoms with Crippen LogP contribution in [0.2, 0.25) is 0 Å². The van der Waals surface area contributed by atoms with Crippen molar-refractivity contribution in [3.63, 3.8) is 0 Å². The van der Waals surface area contributed by atoms with Gasteiger partial charge in [-0.3, -0.25) is 9.32 Å². The lowest BCUT2D eigenvalue weighted by Gasteiger charge is -2.32. The molecule has 1 amide bonds. The Morgan fingerprint density at radius 3 is 2.73 bits per heavy atom. The molecule has 10 heteroatoms. The minimum Gasteiger partial charge on any atom is -0.398 e. The Bertz CT molecular complexity index is 873. The normalized spacial score (nSPS) is 30.0. The van der Waals surface area contributed by atoms with Crippen LogP contribution in [0.4, 0.5) is 0 Å². The maximum atomic E-state index is 12.2. The zero-order chi connectivity index (χ0) is 21.3. The van der Waals surface area contributed by atoms with Crippen molar-refractivity contribution in [2.24, 2.45) is 5.73 Å². The lowest BCUT2D eigenvalue weighted by Crippen LogP contribution is -2.42. The van der Waals surface area contributed by atoms with Crippen molar-refractivity contribution >= 4 is 14.2 Å². The molecule has 4 rings (SSSR count). The zero-order valence-corrected chi connectivity index (χ0v) is 17.6. The second-order valence-electron chi connectivity index (χ2n) is 7.60. The van der Waals surface area contributed by atoms with Gasteiger partial charge in [-0.15, -0.1) is 0 Å². The highest BCUT2D eigenvalue weighted by Gasteiger charge is 2.56. The van der Waals surface area contributed by atoms with E-state index in [1.165, 1.54) is 0 Å². The van der Waals surface area contributed by atoms with E-state index in [0.717, 1.165) is 0 Å². The maximum Gasteiger partial charge on any atom is 0.429 e. The number of hydrogen-bond donors (Lipinski definition) is 1. The number of primary amides is 1. The summed E-state index contributed by atoms with van der Waals surface area (Å²) < 4.78 is 41.1. The van der Waals surface area contributed by atoms with Gasteiger partial charge in [-0.1, -0.05) is 30.4 Å². The molecule has 9 nitrogen and oxygen atoms in total.